The van der Waals surface area contributed by atoms with E-state index < -0.39 is 0 Å². The molecular formula is C19H21NO4. The fraction of sp³-hybridized carbons (Fsp3) is 0.211. The molecule has 126 valence electrons. The minimum Gasteiger partial charge on any atom is -0.497 e. The summed E-state index contributed by atoms with van der Waals surface area (Å²) in [6, 6.07) is 13.0. The van der Waals surface area contributed by atoms with Crippen LogP contribution < -0.4 is 19.5 Å². The van der Waals surface area contributed by atoms with E-state index in [2.05, 4.69) is 5.32 Å². The van der Waals surface area contributed by atoms with Gasteiger partial charge in [0.1, 0.15) is 17.2 Å². The highest BCUT2D eigenvalue weighted by Gasteiger charge is 2.01. The predicted octanol–water partition coefficient (Wildman–Crippen LogP) is 3.04. The van der Waals surface area contributed by atoms with Gasteiger partial charge in [-0.05, 0) is 41.5 Å². The maximum absolute atomic E-state index is 12.0. The Kier molecular flexibility index (Phi) is 6.25. The molecule has 5 nitrogen and oxygen atoms in total. The first-order valence-electron chi connectivity index (χ1n) is 7.46. The Morgan fingerprint density at radius 2 is 1.62 bits per heavy atom. The minimum absolute atomic E-state index is 0.181. The molecule has 24 heavy (non-hydrogen) atoms. The average molecular weight is 327 g/mol. The summed E-state index contributed by atoms with van der Waals surface area (Å²) in [5, 5.41) is 2.83. The molecule has 2 rings (SSSR count). The van der Waals surface area contributed by atoms with Crippen molar-refractivity contribution >= 4 is 12.0 Å². The van der Waals surface area contributed by atoms with Crippen molar-refractivity contribution in [2.45, 2.75) is 6.54 Å². The lowest BCUT2D eigenvalue weighted by Crippen LogP contribution is -2.20. The van der Waals surface area contributed by atoms with E-state index >= 15 is 0 Å². The molecule has 0 unspecified atom stereocenters. The minimum atomic E-state index is -0.181. The number of carbonyl (C=O) groups is 1. The molecule has 2 aromatic carbocycles. The smallest absolute Gasteiger partial charge is 0.244 e. The topological polar surface area (TPSA) is 56.8 Å². The maximum Gasteiger partial charge on any atom is 0.244 e. The molecule has 0 aliphatic heterocycles. The Bertz CT molecular complexity index is 703. The van der Waals surface area contributed by atoms with Gasteiger partial charge in [0.25, 0.3) is 0 Å². The van der Waals surface area contributed by atoms with Crippen molar-refractivity contribution in [3.05, 3.63) is 59.7 Å². The highest BCUT2D eigenvalue weighted by Crippen LogP contribution is 2.23. The van der Waals surface area contributed by atoms with Crippen molar-refractivity contribution in [2.75, 3.05) is 21.3 Å². The highest BCUT2D eigenvalue weighted by molar-refractivity contribution is 5.91. The normalized spacial score (nSPS) is 10.5. The highest BCUT2D eigenvalue weighted by atomic mass is 16.5. The molecule has 2 aromatic rings. The Hall–Kier alpha value is -2.95. The number of carbonyl (C=O) groups excluding carboxylic acids is 1. The Balaban J connectivity index is 1.97. The van der Waals surface area contributed by atoms with Gasteiger partial charge in [-0.25, -0.2) is 0 Å². The standard InChI is InChI=1S/C19H21NO4/c1-22-16-6-4-5-15(11-16)13-20-19(21)8-7-14-9-17(23-2)12-18(10-14)24-3/h4-12H,13H2,1-3H3,(H,20,21)/b8-7+. The summed E-state index contributed by atoms with van der Waals surface area (Å²) in [6.07, 6.45) is 3.19. The van der Waals surface area contributed by atoms with Gasteiger partial charge in [-0.1, -0.05) is 12.1 Å². The van der Waals surface area contributed by atoms with Gasteiger partial charge < -0.3 is 19.5 Å². The Morgan fingerprint density at radius 1 is 0.958 bits per heavy atom. The molecule has 0 radical (unpaired) electrons. The van der Waals surface area contributed by atoms with Gasteiger partial charge in [0.15, 0.2) is 0 Å². The molecule has 5 heteroatoms. The van der Waals surface area contributed by atoms with Crippen molar-refractivity contribution in [3.63, 3.8) is 0 Å². The molecule has 0 saturated heterocycles. The first-order valence-corrected chi connectivity index (χ1v) is 7.46. The lowest BCUT2D eigenvalue weighted by molar-refractivity contribution is -0.116. The van der Waals surface area contributed by atoms with Crippen molar-refractivity contribution in [1.29, 1.82) is 0 Å². The van der Waals surface area contributed by atoms with Crippen LogP contribution >= 0.6 is 0 Å². The molecule has 0 fully saturated rings. The second kappa shape index (κ2) is 8.62. The van der Waals surface area contributed by atoms with Gasteiger partial charge in [0.2, 0.25) is 5.91 Å². The van der Waals surface area contributed by atoms with Crippen LogP contribution in [0.1, 0.15) is 11.1 Å². The van der Waals surface area contributed by atoms with Crippen LogP contribution in [0.15, 0.2) is 48.5 Å². The zero-order chi connectivity index (χ0) is 17.4. The van der Waals surface area contributed by atoms with Crippen LogP contribution in [-0.4, -0.2) is 27.2 Å². The fourth-order valence-electron chi connectivity index (χ4n) is 2.13. The number of nitrogens with one attached hydrogen (secondary N) is 1. The second-order valence-corrected chi connectivity index (χ2v) is 5.05. The fourth-order valence-corrected chi connectivity index (χ4v) is 2.13. The molecular weight excluding hydrogens is 306 g/mol. The molecule has 0 heterocycles. The Labute approximate surface area is 141 Å². The maximum atomic E-state index is 12.0. The van der Waals surface area contributed by atoms with Gasteiger partial charge in [0, 0.05) is 18.7 Å². The summed E-state index contributed by atoms with van der Waals surface area (Å²) in [4.78, 5) is 12.0. The number of methoxy groups -OCH3 is 3. The van der Waals surface area contributed by atoms with Crippen molar-refractivity contribution in [2.24, 2.45) is 0 Å². The van der Waals surface area contributed by atoms with Crippen LogP contribution in [0.5, 0.6) is 17.2 Å². The van der Waals surface area contributed by atoms with Crippen molar-refractivity contribution < 1.29 is 19.0 Å². The van der Waals surface area contributed by atoms with Gasteiger partial charge in [0.05, 0.1) is 21.3 Å². The first kappa shape index (κ1) is 17.4. The third-order valence-electron chi connectivity index (χ3n) is 3.40. The van der Waals surface area contributed by atoms with Crippen LogP contribution in [-0.2, 0) is 11.3 Å². The summed E-state index contributed by atoms with van der Waals surface area (Å²) >= 11 is 0. The Morgan fingerprint density at radius 3 is 2.25 bits per heavy atom. The van der Waals surface area contributed by atoms with Gasteiger partial charge >= 0.3 is 0 Å². The predicted molar refractivity (Wildman–Crippen MR) is 93.4 cm³/mol. The lowest BCUT2D eigenvalue weighted by Gasteiger charge is -2.06. The zero-order valence-electron chi connectivity index (χ0n) is 14.0. The van der Waals surface area contributed by atoms with E-state index in [1.807, 2.05) is 36.4 Å². The SMILES string of the molecule is COc1cccc(CNC(=O)/C=C/c2cc(OC)cc(OC)c2)c1. The van der Waals surface area contributed by atoms with Crippen molar-refractivity contribution in [1.82, 2.24) is 5.32 Å². The molecule has 1 N–H and O–H groups in total. The number of amides is 1. The van der Waals surface area contributed by atoms with E-state index in [0.29, 0.717) is 18.0 Å². The van der Waals surface area contributed by atoms with Gasteiger partial charge in [-0.3, -0.25) is 4.79 Å². The number of hydrogen-bond donors (Lipinski definition) is 1. The number of benzene rings is 2. The van der Waals surface area contributed by atoms with Crippen molar-refractivity contribution in [3.8, 4) is 17.2 Å². The van der Waals surface area contributed by atoms with E-state index in [1.54, 1.807) is 33.5 Å². The molecule has 0 saturated carbocycles. The zero-order valence-corrected chi connectivity index (χ0v) is 14.0. The molecule has 0 bridgehead atoms. The monoisotopic (exact) mass is 327 g/mol. The molecule has 0 atom stereocenters. The molecule has 0 aromatic heterocycles. The number of hydrogen-bond acceptors (Lipinski definition) is 4. The summed E-state index contributed by atoms with van der Waals surface area (Å²) < 4.78 is 15.6. The number of rotatable bonds is 7. The molecule has 0 aliphatic carbocycles. The summed E-state index contributed by atoms with van der Waals surface area (Å²) in [6.45, 7) is 0.432. The van der Waals surface area contributed by atoms with Gasteiger partial charge in [-0.2, -0.15) is 0 Å². The second-order valence-electron chi connectivity index (χ2n) is 5.05. The summed E-state index contributed by atoms with van der Waals surface area (Å²) in [5.41, 5.74) is 1.79. The van der Waals surface area contributed by atoms with Crippen LogP contribution in [0.4, 0.5) is 0 Å². The summed E-state index contributed by atoms with van der Waals surface area (Å²) in [5.74, 6) is 1.93. The van der Waals surface area contributed by atoms with Crippen LogP contribution in [0.2, 0.25) is 0 Å². The van der Waals surface area contributed by atoms with Gasteiger partial charge in [-0.15, -0.1) is 0 Å². The van der Waals surface area contributed by atoms with E-state index in [1.165, 1.54) is 6.08 Å². The quantitative estimate of drug-likeness (QED) is 0.794. The van der Waals surface area contributed by atoms with E-state index in [0.717, 1.165) is 16.9 Å². The summed E-state index contributed by atoms with van der Waals surface area (Å²) in [7, 11) is 4.79. The third kappa shape index (κ3) is 5.05. The lowest BCUT2D eigenvalue weighted by atomic mass is 10.2. The molecule has 0 spiro atoms. The van der Waals surface area contributed by atoms with Crippen LogP contribution in [0.25, 0.3) is 6.08 Å². The van der Waals surface area contributed by atoms with E-state index in [9.17, 15) is 4.79 Å². The van der Waals surface area contributed by atoms with E-state index in [-0.39, 0.29) is 5.91 Å². The largest absolute Gasteiger partial charge is 0.497 e. The first-order chi connectivity index (χ1) is 11.6. The molecule has 1 amide bonds. The van der Waals surface area contributed by atoms with E-state index in [4.69, 9.17) is 14.2 Å². The van der Waals surface area contributed by atoms with Crippen LogP contribution in [0.3, 0.4) is 0 Å². The third-order valence-corrected chi connectivity index (χ3v) is 3.40. The molecule has 0 aliphatic rings. The van der Waals surface area contributed by atoms with Crippen LogP contribution in [0, 0.1) is 0 Å². The number of ether oxygens (including phenoxy) is 3. The average Bonchev–Trinajstić information content (AvgIpc) is 2.64.